The summed E-state index contributed by atoms with van der Waals surface area (Å²) in [7, 11) is 0. The molecule has 0 radical (unpaired) electrons. The summed E-state index contributed by atoms with van der Waals surface area (Å²) in [4.78, 5) is 6.97. The summed E-state index contributed by atoms with van der Waals surface area (Å²) in [6.45, 7) is 23.3. The van der Waals surface area contributed by atoms with Gasteiger partial charge in [0.2, 0.25) is 0 Å². The second kappa shape index (κ2) is 23.0. The predicted octanol–water partition coefficient (Wildman–Crippen LogP) is 24.4. The monoisotopic (exact) mass is 1300 g/mol. The molecule has 4 heterocycles. The van der Waals surface area contributed by atoms with Crippen molar-refractivity contribution >= 4 is 98.6 Å². The van der Waals surface area contributed by atoms with Crippen molar-refractivity contribution in [3.8, 4) is 51.1 Å². The van der Waals surface area contributed by atoms with Crippen molar-refractivity contribution in [2.75, 3.05) is 0 Å². The molecule has 4 aromatic heterocycles. The van der Waals surface area contributed by atoms with Crippen molar-refractivity contribution in [2.24, 2.45) is 0 Å². The van der Waals surface area contributed by atoms with Crippen molar-refractivity contribution in [3.05, 3.63) is 298 Å². The van der Waals surface area contributed by atoms with Crippen LogP contribution in [0.4, 0.5) is 50.9 Å². The van der Waals surface area contributed by atoms with Crippen molar-refractivity contribution in [1.29, 1.82) is 5.26 Å². The highest BCUT2D eigenvalue weighted by atomic mass is 19.4. The highest BCUT2D eigenvalue weighted by Crippen LogP contribution is 2.52. The van der Waals surface area contributed by atoms with Crippen LogP contribution in [0.25, 0.3) is 142 Å². The lowest BCUT2D eigenvalue weighted by Gasteiger charge is -2.24. The molecule has 16 rings (SSSR count). The maximum Gasteiger partial charge on any atom is 0.420 e. The molecule has 0 aliphatic heterocycles. The number of aromatic nitrogens is 4. The summed E-state index contributed by atoms with van der Waals surface area (Å²) in [5.74, 6) is 0. The average Bonchev–Trinajstić information content (AvgIpc) is 1.44. The second-order valence-electron chi connectivity index (χ2n) is 24.3. The van der Waals surface area contributed by atoms with Gasteiger partial charge in [0.1, 0.15) is 17.2 Å². The van der Waals surface area contributed by atoms with E-state index in [0.717, 1.165) is 85.1 Å². The summed E-state index contributed by atoms with van der Waals surface area (Å²) in [5.41, 5.74) is 4.79. The fourth-order valence-corrected chi connectivity index (χ4v) is 14.7. The Hall–Kier alpha value is -12.3. The van der Waals surface area contributed by atoms with Gasteiger partial charge in [-0.3, -0.25) is 0 Å². The summed E-state index contributed by atoms with van der Waals surface area (Å²) >= 11 is 0. The molecule has 0 N–H and O–H groups in total. The molecule has 0 saturated heterocycles. The molecule has 476 valence electrons. The third kappa shape index (κ3) is 9.63. The predicted molar refractivity (Wildman–Crippen MR) is 372 cm³/mol. The number of benzene rings is 12. The van der Waals surface area contributed by atoms with Crippen molar-refractivity contribution in [2.45, 2.75) is 46.2 Å². The SMILES string of the molecule is [C-]#[N+]c1cccc(C(F)(F)F)c1-c1cc(-n2c3ccccc3c3cccc(C)c32)c(C#N)c(-n2c3ccccc3c3cccc(C)c32)c1.[C-]#[N+]c1cccc(C(F)(F)F)c1-c1cc(-n2c3ccccc3c3cccc(C)c32)c(C(F)(F)F)c(-n2c3ccccc3c3cccc(C)c32)c1. The Kier molecular flexibility index (Phi) is 14.5. The Morgan fingerprint density at radius 2 is 0.592 bits per heavy atom. The number of nitrogens with zero attached hydrogens (tertiary/aromatic N) is 7. The number of rotatable bonds is 6. The van der Waals surface area contributed by atoms with Gasteiger partial charge in [0.05, 0.1) is 91.2 Å². The molecule has 16 heteroatoms. The first-order valence-electron chi connectivity index (χ1n) is 31.1. The Labute approximate surface area is 554 Å². The molecule has 0 bridgehead atoms. The second-order valence-corrected chi connectivity index (χ2v) is 24.3. The van der Waals surface area contributed by atoms with E-state index in [4.69, 9.17) is 13.1 Å². The van der Waals surface area contributed by atoms with Gasteiger partial charge in [-0.2, -0.15) is 44.8 Å². The normalized spacial score (nSPS) is 12.1. The number of alkyl halides is 9. The van der Waals surface area contributed by atoms with E-state index in [1.54, 1.807) is 74.5 Å². The van der Waals surface area contributed by atoms with Gasteiger partial charge < -0.3 is 18.3 Å². The molecular weight excluding hydrogens is 1250 g/mol. The minimum Gasteiger partial charge on any atom is -0.308 e. The fourth-order valence-electron chi connectivity index (χ4n) is 14.7. The molecule has 0 unspecified atom stereocenters. The number of para-hydroxylation sites is 8. The molecule has 0 fully saturated rings. The Balaban J connectivity index is 0.000000160. The van der Waals surface area contributed by atoms with Crippen LogP contribution in [0, 0.1) is 52.2 Å². The van der Waals surface area contributed by atoms with Crippen LogP contribution in [0.3, 0.4) is 0 Å². The van der Waals surface area contributed by atoms with E-state index >= 15 is 13.2 Å². The molecule has 98 heavy (non-hydrogen) atoms. The zero-order valence-corrected chi connectivity index (χ0v) is 52.5. The standard InChI is InChI=1S/C41H25F6N3.C41H25F3N4/c1-23-11-8-15-28-26-13-4-6-19-32(26)49(38(23)28)34-21-25(36-30(40(42,43)44)17-10-18-31(36)48-3)22-35(37(34)41(45,46)47)50-33-20-7-5-14-27(33)29-16-9-12-24(2)39(29)50;1-24-11-8-15-29-27-13-4-6-19-34(27)47(39(24)29)36-21-26(38-32(41(42,43)44)17-10-18-33(38)46-3)22-37(31(36)23-45)48-35-20-7-5-14-28(35)30-16-9-12-25(2)40(30)48/h4-22H,1-2H3;4-22H,1-2H3. The van der Waals surface area contributed by atoms with Gasteiger partial charge in [0.15, 0.2) is 11.4 Å². The number of hydrogen-bond donors (Lipinski definition) is 0. The lowest BCUT2D eigenvalue weighted by atomic mass is 9.94. The molecule has 0 amide bonds. The van der Waals surface area contributed by atoms with E-state index in [0.29, 0.717) is 71.7 Å². The van der Waals surface area contributed by atoms with Gasteiger partial charge in [-0.05, 0) is 121 Å². The Morgan fingerprint density at radius 3 is 0.867 bits per heavy atom. The number of hydrogen-bond acceptors (Lipinski definition) is 1. The van der Waals surface area contributed by atoms with E-state index < -0.39 is 40.8 Å². The fraction of sp³-hybridized carbons (Fsp3) is 0.0854. The number of halogens is 9. The van der Waals surface area contributed by atoms with E-state index in [1.165, 1.54) is 27.3 Å². The number of aryl methyl sites for hydroxylation is 4. The maximum atomic E-state index is 16.0. The van der Waals surface area contributed by atoms with Gasteiger partial charge >= 0.3 is 18.5 Å². The Morgan fingerprint density at radius 1 is 0.327 bits per heavy atom. The van der Waals surface area contributed by atoms with E-state index in [1.807, 2.05) is 144 Å². The first-order valence-corrected chi connectivity index (χ1v) is 31.1. The summed E-state index contributed by atoms with van der Waals surface area (Å²) in [5, 5.41) is 17.7. The van der Waals surface area contributed by atoms with Crippen molar-refractivity contribution in [1.82, 2.24) is 18.3 Å². The van der Waals surface area contributed by atoms with E-state index in [2.05, 4.69) is 15.8 Å². The highest BCUT2D eigenvalue weighted by molar-refractivity contribution is 6.14. The zero-order chi connectivity index (χ0) is 68.4. The average molecular weight is 1300 g/mol. The van der Waals surface area contributed by atoms with Crippen LogP contribution in [0.5, 0.6) is 0 Å². The minimum absolute atomic E-state index is 0.122. The van der Waals surface area contributed by atoms with Gasteiger partial charge in [0, 0.05) is 43.1 Å². The van der Waals surface area contributed by atoms with Crippen LogP contribution in [0.15, 0.2) is 231 Å². The topological polar surface area (TPSA) is 52.2 Å². The van der Waals surface area contributed by atoms with E-state index in [-0.39, 0.29) is 39.4 Å². The summed E-state index contributed by atoms with van der Waals surface area (Å²) in [6, 6.07) is 67.6. The van der Waals surface area contributed by atoms with Gasteiger partial charge in [-0.1, -0.05) is 182 Å². The first kappa shape index (κ1) is 61.8. The molecule has 0 aliphatic carbocycles. The molecule has 16 aromatic rings. The van der Waals surface area contributed by atoms with Gasteiger partial charge in [0.25, 0.3) is 0 Å². The minimum atomic E-state index is -4.98. The number of nitriles is 1. The number of fused-ring (bicyclic) bond motifs is 12. The molecule has 0 saturated carbocycles. The maximum absolute atomic E-state index is 16.0. The molecule has 0 aliphatic rings. The summed E-state index contributed by atoms with van der Waals surface area (Å²) in [6.07, 6.45) is -14.6. The first-order chi connectivity index (χ1) is 47.1. The van der Waals surface area contributed by atoms with Crippen LogP contribution in [-0.4, -0.2) is 18.3 Å². The molecule has 0 spiro atoms. The van der Waals surface area contributed by atoms with Gasteiger partial charge in [-0.15, -0.1) is 0 Å². The quantitative estimate of drug-likeness (QED) is 0.121. The molecule has 12 aromatic carbocycles. The molecule has 0 atom stereocenters. The largest absolute Gasteiger partial charge is 0.420 e. The smallest absolute Gasteiger partial charge is 0.308 e. The third-order valence-corrected chi connectivity index (χ3v) is 18.7. The van der Waals surface area contributed by atoms with Crippen LogP contribution in [0.2, 0.25) is 0 Å². The van der Waals surface area contributed by atoms with E-state index in [9.17, 15) is 31.6 Å². The van der Waals surface area contributed by atoms with Crippen LogP contribution >= 0.6 is 0 Å². The lowest BCUT2D eigenvalue weighted by molar-refractivity contribution is -0.138. The van der Waals surface area contributed by atoms with Crippen LogP contribution in [-0.2, 0) is 18.5 Å². The molecular formula is C82H50F9N7. The van der Waals surface area contributed by atoms with Crippen molar-refractivity contribution < 1.29 is 39.5 Å². The Bertz CT molecular complexity index is 5900. The van der Waals surface area contributed by atoms with Crippen LogP contribution in [0.1, 0.15) is 44.5 Å². The van der Waals surface area contributed by atoms with Crippen LogP contribution < -0.4 is 0 Å². The van der Waals surface area contributed by atoms with Crippen molar-refractivity contribution in [3.63, 3.8) is 0 Å². The lowest BCUT2D eigenvalue weighted by Crippen LogP contribution is -2.17. The molecule has 7 nitrogen and oxygen atoms in total. The van der Waals surface area contributed by atoms with Gasteiger partial charge in [-0.25, -0.2) is 9.69 Å². The zero-order valence-electron chi connectivity index (χ0n) is 52.5. The summed E-state index contributed by atoms with van der Waals surface area (Å²) < 4.78 is 143. The highest BCUT2D eigenvalue weighted by Gasteiger charge is 2.42. The third-order valence-electron chi connectivity index (χ3n) is 18.7.